The van der Waals surface area contributed by atoms with Crippen LogP contribution in [-0.2, 0) is 23.9 Å². The number of alkyl carbamates (subject to hydrolysis) is 1. The van der Waals surface area contributed by atoms with Crippen LogP contribution in [0.3, 0.4) is 0 Å². The molecule has 1 aromatic rings. The molecular weight excluding hydrogens is 490 g/mol. The number of nitrogens with two attached hydrogens (primary N) is 1. The van der Waals surface area contributed by atoms with E-state index in [0.717, 1.165) is 4.90 Å². The highest BCUT2D eigenvalue weighted by molar-refractivity contribution is 8.00. The maximum Gasteiger partial charge on any atom is 0.407 e. The summed E-state index contributed by atoms with van der Waals surface area (Å²) in [5.74, 6) is -3.69. The second-order valence-corrected chi connectivity index (χ2v) is 9.03. The molecule has 0 aliphatic carbocycles. The number of anilines is 1. The quantitative estimate of drug-likeness (QED) is 0.222. The van der Waals surface area contributed by atoms with Crippen LogP contribution < -0.4 is 16.4 Å². The predicted octanol–water partition coefficient (Wildman–Crippen LogP) is 0.0681. The summed E-state index contributed by atoms with van der Waals surface area (Å²) in [4.78, 5) is 64.7. The van der Waals surface area contributed by atoms with Gasteiger partial charge in [0.1, 0.15) is 30.3 Å². The predicted molar refractivity (Wildman–Crippen MR) is 121 cm³/mol. The third-order valence-corrected chi connectivity index (χ3v) is 6.76. The number of hydrogen-bond donors (Lipinski definition) is 5. The summed E-state index contributed by atoms with van der Waals surface area (Å²) >= 11 is 2.38. The van der Waals surface area contributed by atoms with Gasteiger partial charge in [0.25, 0.3) is 11.8 Å². The lowest BCUT2D eigenvalue weighted by atomic mass is 10.0. The van der Waals surface area contributed by atoms with Gasteiger partial charge < -0.3 is 31.3 Å². The van der Waals surface area contributed by atoms with Gasteiger partial charge in [-0.2, -0.15) is 0 Å². The number of ether oxygens (including phenoxy) is 1. The number of nitrogens with zero attached hydrogens (tertiary/aromatic N) is 2. The van der Waals surface area contributed by atoms with Crippen molar-refractivity contribution in [1.29, 1.82) is 0 Å². The van der Waals surface area contributed by atoms with Crippen LogP contribution in [0, 0.1) is 0 Å². The van der Waals surface area contributed by atoms with Crippen molar-refractivity contribution in [3.8, 4) is 0 Å². The number of thiazole rings is 1. The van der Waals surface area contributed by atoms with E-state index in [2.05, 4.69) is 10.3 Å². The van der Waals surface area contributed by atoms with E-state index < -0.39 is 54.4 Å². The van der Waals surface area contributed by atoms with Gasteiger partial charge in [0.15, 0.2) is 5.13 Å². The van der Waals surface area contributed by atoms with E-state index in [4.69, 9.17) is 15.6 Å². The van der Waals surface area contributed by atoms with Gasteiger partial charge in [0.05, 0.1) is 11.3 Å². The van der Waals surface area contributed by atoms with Crippen LogP contribution in [0.1, 0.15) is 19.0 Å². The molecule has 3 heterocycles. The maximum absolute atomic E-state index is 12.9. The molecule has 15 heteroatoms. The van der Waals surface area contributed by atoms with E-state index in [1.165, 1.54) is 23.1 Å². The number of rotatable bonds is 9. The van der Waals surface area contributed by atoms with Crippen molar-refractivity contribution >= 4 is 63.6 Å². The molecule has 2 atom stereocenters. The molecule has 1 aromatic heterocycles. The summed E-state index contributed by atoms with van der Waals surface area (Å²) in [6.45, 7) is 0.738. The molecule has 2 unspecified atom stereocenters. The molecule has 3 amide bonds. The molecular formula is C19H21N5O8S2. The zero-order chi connectivity index (χ0) is 25.0. The third kappa shape index (κ3) is 5.31. The highest BCUT2D eigenvalue weighted by Crippen LogP contribution is 2.40. The number of amides is 3. The Labute approximate surface area is 201 Å². The summed E-state index contributed by atoms with van der Waals surface area (Å²) in [6, 6.07) is -0.954. The first-order valence-electron chi connectivity index (χ1n) is 9.88. The summed E-state index contributed by atoms with van der Waals surface area (Å²) in [5, 5.41) is 24.1. The molecule has 0 aromatic carbocycles. The fraction of sp³-hybridized carbons (Fsp3) is 0.368. The van der Waals surface area contributed by atoms with Crippen molar-refractivity contribution in [2.24, 2.45) is 0 Å². The Hall–Kier alpha value is -3.59. The van der Waals surface area contributed by atoms with Gasteiger partial charge in [-0.25, -0.2) is 14.6 Å². The first kappa shape index (κ1) is 25.0. The van der Waals surface area contributed by atoms with Crippen LogP contribution in [0.15, 0.2) is 22.7 Å². The number of carbonyl (C=O) groups excluding carboxylic acids is 3. The number of carbonyl (C=O) groups is 5. The van der Waals surface area contributed by atoms with Gasteiger partial charge in [-0.15, -0.1) is 23.1 Å². The van der Waals surface area contributed by atoms with Crippen LogP contribution in [0.4, 0.5) is 9.93 Å². The second kappa shape index (κ2) is 10.6. The Bertz CT molecular complexity index is 1100. The van der Waals surface area contributed by atoms with Gasteiger partial charge in [-0.3, -0.25) is 19.3 Å². The summed E-state index contributed by atoms with van der Waals surface area (Å²) < 4.78 is 4.88. The van der Waals surface area contributed by atoms with E-state index in [0.29, 0.717) is 17.2 Å². The van der Waals surface area contributed by atoms with Crippen LogP contribution in [-0.4, -0.2) is 80.3 Å². The number of hydrogen-bond acceptors (Lipinski definition) is 10. The first-order valence-corrected chi connectivity index (χ1v) is 11.8. The molecule has 0 radical (unpaired) electrons. The zero-order valence-corrected chi connectivity index (χ0v) is 19.4. The van der Waals surface area contributed by atoms with Crippen molar-refractivity contribution in [3.05, 3.63) is 28.4 Å². The maximum atomic E-state index is 12.9. The monoisotopic (exact) mass is 511 g/mol. The first-order chi connectivity index (χ1) is 16.1. The number of thioether (sulfide) groups is 1. The standard InChI is InChI=1S/C19H21N5O8S2/c1-2-3-9(10-7-34-18(20)22-10)14(27)23-12-15(28)24-13(17(29)30)8(6-33-16(12)24)5-32-19(31)21-4-11(25)26/h3,7,12,16H,2,4-6H2,1H3,(H2,20,22)(H,21,31)(H,23,27)(H,25,26)(H,29,30)/b9-3-. The molecule has 6 N–H and O–H groups in total. The van der Waals surface area contributed by atoms with Crippen molar-refractivity contribution < 1.29 is 38.9 Å². The fourth-order valence-corrected chi connectivity index (χ4v) is 5.18. The molecule has 2 aliphatic rings. The van der Waals surface area contributed by atoms with E-state index in [9.17, 15) is 29.1 Å². The van der Waals surface area contributed by atoms with Crippen molar-refractivity contribution in [2.75, 3.05) is 24.6 Å². The number of carboxylic acid groups (broad SMARTS) is 2. The molecule has 2 aliphatic heterocycles. The molecule has 1 fully saturated rings. The average Bonchev–Trinajstić information content (AvgIpc) is 3.22. The van der Waals surface area contributed by atoms with Crippen LogP contribution in [0.2, 0.25) is 0 Å². The molecule has 13 nitrogen and oxygen atoms in total. The average molecular weight is 512 g/mol. The summed E-state index contributed by atoms with van der Waals surface area (Å²) in [5.41, 5.74) is 6.13. The zero-order valence-electron chi connectivity index (χ0n) is 17.8. The minimum atomic E-state index is -1.39. The highest BCUT2D eigenvalue weighted by Gasteiger charge is 2.54. The van der Waals surface area contributed by atoms with Crippen LogP contribution >= 0.6 is 23.1 Å². The molecule has 3 rings (SSSR count). The van der Waals surface area contributed by atoms with E-state index >= 15 is 0 Å². The Morgan fingerprint density at radius 1 is 1.35 bits per heavy atom. The Balaban J connectivity index is 1.70. The molecule has 0 spiro atoms. The van der Waals surface area contributed by atoms with Crippen LogP contribution in [0.5, 0.6) is 0 Å². The van der Waals surface area contributed by atoms with Crippen molar-refractivity contribution in [2.45, 2.75) is 24.8 Å². The van der Waals surface area contributed by atoms with Gasteiger partial charge in [-0.1, -0.05) is 13.0 Å². The summed E-state index contributed by atoms with van der Waals surface area (Å²) in [7, 11) is 0. The Morgan fingerprint density at radius 3 is 2.68 bits per heavy atom. The molecule has 0 bridgehead atoms. The highest BCUT2D eigenvalue weighted by atomic mass is 32.2. The minimum Gasteiger partial charge on any atom is -0.480 e. The number of nitrogens with one attached hydrogen (secondary N) is 2. The third-order valence-electron chi connectivity index (χ3n) is 4.75. The molecule has 0 saturated carbocycles. The van der Waals surface area contributed by atoms with Gasteiger partial charge in [-0.05, 0) is 6.42 Å². The fourth-order valence-electron chi connectivity index (χ4n) is 3.29. The SMILES string of the molecule is CC/C=C(\C(=O)NC1C(=O)N2C(C(=O)O)=C(COC(=O)NCC(=O)O)CSC12)c1csc(N)n1. The minimum absolute atomic E-state index is 0.120. The Kier molecular flexibility index (Phi) is 7.78. The second-order valence-electron chi connectivity index (χ2n) is 7.04. The van der Waals surface area contributed by atoms with Gasteiger partial charge in [0.2, 0.25) is 0 Å². The van der Waals surface area contributed by atoms with Gasteiger partial charge >= 0.3 is 18.0 Å². The number of carboxylic acids is 2. The van der Waals surface area contributed by atoms with E-state index in [-0.39, 0.29) is 22.6 Å². The lowest BCUT2D eigenvalue weighted by Crippen LogP contribution is -2.70. The number of β-lactam (4-membered cyclic amide) rings is 1. The van der Waals surface area contributed by atoms with E-state index in [1.54, 1.807) is 11.5 Å². The summed E-state index contributed by atoms with van der Waals surface area (Å²) in [6.07, 6.45) is 1.16. The Morgan fingerprint density at radius 2 is 2.09 bits per heavy atom. The largest absolute Gasteiger partial charge is 0.480 e. The van der Waals surface area contributed by atoms with Crippen molar-refractivity contribution in [3.63, 3.8) is 0 Å². The topological polar surface area (TPSA) is 201 Å². The van der Waals surface area contributed by atoms with Gasteiger partial charge in [0, 0.05) is 16.7 Å². The molecule has 34 heavy (non-hydrogen) atoms. The van der Waals surface area contributed by atoms with Crippen LogP contribution in [0.25, 0.3) is 5.57 Å². The lowest BCUT2D eigenvalue weighted by molar-refractivity contribution is -0.150. The smallest absolute Gasteiger partial charge is 0.407 e. The van der Waals surface area contributed by atoms with Crippen molar-refractivity contribution in [1.82, 2.24) is 20.5 Å². The number of allylic oxidation sites excluding steroid dienone is 1. The number of nitrogen functional groups attached to an aromatic ring is 1. The normalized spacial score (nSPS) is 19.7. The number of aliphatic carboxylic acids is 2. The van der Waals surface area contributed by atoms with E-state index in [1.807, 2.05) is 12.2 Å². The molecule has 182 valence electrons. The number of fused-ring (bicyclic) bond motifs is 1. The number of aromatic nitrogens is 1. The lowest BCUT2D eigenvalue weighted by Gasteiger charge is -2.49. The molecule has 1 saturated heterocycles.